The number of hydrogen-bond donors (Lipinski definition) is 1. The van der Waals surface area contributed by atoms with Crippen LogP contribution in [0.4, 0.5) is 11.5 Å². The van der Waals surface area contributed by atoms with Crippen molar-refractivity contribution in [3.8, 4) is 0 Å². The molecule has 0 bridgehead atoms. The van der Waals surface area contributed by atoms with Crippen LogP contribution in [0.2, 0.25) is 0 Å². The predicted molar refractivity (Wildman–Crippen MR) is 74.4 cm³/mol. The quantitative estimate of drug-likeness (QED) is 0.880. The number of aromatic nitrogens is 2. The van der Waals surface area contributed by atoms with Gasteiger partial charge in [-0.1, -0.05) is 34.6 Å². The molecule has 0 unspecified atom stereocenters. The Morgan fingerprint density at radius 2 is 1.88 bits per heavy atom. The second-order valence-electron chi connectivity index (χ2n) is 6.32. The van der Waals surface area contributed by atoms with Crippen LogP contribution in [-0.4, -0.2) is 23.4 Å². The molecule has 1 aromatic rings. The van der Waals surface area contributed by atoms with Crippen LogP contribution < -0.4 is 10.6 Å². The largest absolute Gasteiger partial charge is 0.394 e. The maximum Gasteiger partial charge on any atom is 0.150 e. The van der Waals surface area contributed by atoms with Crippen molar-refractivity contribution in [2.24, 2.45) is 12.5 Å². The Bertz CT molecular complexity index is 385. The first-order valence-corrected chi connectivity index (χ1v) is 6.17. The van der Waals surface area contributed by atoms with Crippen LogP contribution in [0.15, 0.2) is 0 Å². The van der Waals surface area contributed by atoms with Crippen molar-refractivity contribution in [3.63, 3.8) is 0 Å². The Kier molecular flexibility index (Phi) is 3.74. The van der Waals surface area contributed by atoms with Crippen LogP contribution in [0.3, 0.4) is 0 Å². The first-order valence-electron chi connectivity index (χ1n) is 6.17. The van der Waals surface area contributed by atoms with Gasteiger partial charge < -0.3 is 10.6 Å². The first kappa shape index (κ1) is 13.9. The molecule has 2 N–H and O–H groups in total. The van der Waals surface area contributed by atoms with Gasteiger partial charge in [0.1, 0.15) is 5.82 Å². The molecular formula is C13H26N4. The third kappa shape index (κ3) is 3.14. The van der Waals surface area contributed by atoms with Gasteiger partial charge in [0.2, 0.25) is 0 Å². The third-order valence-corrected chi connectivity index (χ3v) is 2.70. The Hall–Kier alpha value is -1.19. The number of nitrogen functional groups attached to an aromatic ring is 1. The van der Waals surface area contributed by atoms with Gasteiger partial charge in [-0.15, -0.1) is 0 Å². The highest BCUT2D eigenvalue weighted by Crippen LogP contribution is 2.31. The summed E-state index contributed by atoms with van der Waals surface area (Å²) in [7, 11) is 4.03. The fraction of sp³-hybridized carbons (Fsp3) is 0.769. The number of anilines is 2. The van der Waals surface area contributed by atoms with Crippen LogP contribution in [0, 0.1) is 5.41 Å². The van der Waals surface area contributed by atoms with E-state index in [0.29, 0.717) is 5.92 Å². The van der Waals surface area contributed by atoms with Crippen LogP contribution in [0.5, 0.6) is 0 Å². The Balaban J connectivity index is 3.06. The zero-order chi connectivity index (χ0) is 13.4. The van der Waals surface area contributed by atoms with E-state index in [0.717, 1.165) is 23.7 Å². The van der Waals surface area contributed by atoms with Gasteiger partial charge in [-0.05, 0) is 11.3 Å². The summed E-state index contributed by atoms with van der Waals surface area (Å²) in [6.07, 6.45) is 0. The minimum absolute atomic E-state index is 0.240. The molecule has 17 heavy (non-hydrogen) atoms. The standard InChI is InChI=1S/C13H26N4/c1-9(2)11-10(14)12(17(7)15-11)16(6)8-13(3,4)5/h9H,8,14H2,1-7H3. The molecule has 0 saturated heterocycles. The van der Waals surface area contributed by atoms with Crippen LogP contribution in [-0.2, 0) is 7.05 Å². The van der Waals surface area contributed by atoms with Crippen LogP contribution in [0.1, 0.15) is 46.2 Å². The van der Waals surface area contributed by atoms with Crippen molar-refractivity contribution >= 4 is 11.5 Å². The van der Waals surface area contributed by atoms with Gasteiger partial charge in [0.05, 0.1) is 11.4 Å². The maximum atomic E-state index is 6.20. The van der Waals surface area contributed by atoms with Gasteiger partial charge in [-0.25, -0.2) is 0 Å². The average Bonchev–Trinajstić information content (AvgIpc) is 2.38. The molecule has 98 valence electrons. The van der Waals surface area contributed by atoms with Crippen molar-refractivity contribution in [1.82, 2.24) is 9.78 Å². The van der Waals surface area contributed by atoms with Crippen molar-refractivity contribution in [1.29, 1.82) is 0 Å². The highest BCUT2D eigenvalue weighted by Gasteiger charge is 2.21. The molecule has 0 amide bonds. The van der Waals surface area contributed by atoms with E-state index in [1.165, 1.54) is 0 Å². The highest BCUT2D eigenvalue weighted by atomic mass is 15.4. The lowest BCUT2D eigenvalue weighted by atomic mass is 9.96. The fourth-order valence-corrected chi connectivity index (χ4v) is 2.22. The summed E-state index contributed by atoms with van der Waals surface area (Å²) in [5.41, 5.74) is 8.24. The highest BCUT2D eigenvalue weighted by molar-refractivity contribution is 5.66. The minimum atomic E-state index is 0.240. The van der Waals surface area contributed by atoms with E-state index in [4.69, 9.17) is 5.73 Å². The van der Waals surface area contributed by atoms with E-state index in [9.17, 15) is 0 Å². The number of nitrogens with zero attached hydrogens (tertiary/aromatic N) is 3. The van der Waals surface area contributed by atoms with Gasteiger partial charge >= 0.3 is 0 Å². The summed E-state index contributed by atoms with van der Waals surface area (Å²) in [6, 6.07) is 0. The Morgan fingerprint density at radius 3 is 2.24 bits per heavy atom. The molecule has 0 aliphatic heterocycles. The lowest BCUT2D eigenvalue weighted by Crippen LogP contribution is -2.31. The van der Waals surface area contributed by atoms with Gasteiger partial charge in [-0.2, -0.15) is 5.10 Å². The number of hydrogen-bond acceptors (Lipinski definition) is 3. The van der Waals surface area contributed by atoms with E-state index in [2.05, 4.69) is 51.7 Å². The molecule has 0 radical (unpaired) electrons. The summed E-state index contributed by atoms with van der Waals surface area (Å²) in [5.74, 6) is 1.38. The summed E-state index contributed by atoms with van der Waals surface area (Å²) < 4.78 is 1.89. The molecule has 0 spiro atoms. The summed E-state index contributed by atoms with van der Waals surface area (Å²) >= 11 is 0. The van der Waals surface area contributed by atoms with Crippen molar-refractivity contribution < 1.29 is 0 Å². The van der Waals surface area contributed by atoms with E-state index in [1.54, 1.807) is 0 Å². The zero-order valence-corrected chi connectivity index (χ0v) is 12.2. The van der Waals surface area contributed by atoms with E-state index >= 15 is 0 Å². The molecular weight excluding hydrogens is 212 g/mol. The molecule has 4 nitrogen and oxygen atoms in total. The summed E-state index contributed by atoms with van der Waals surface area (Å²) in [4.78, 5) is 2.19. The van der Waals surface area contributed by atoms with Gasteiger partial charge in [0.15, 0.2) is 0 Å². The molecule has 0 atom stereocenters. The molecule has 0 aliphatic carbocycles. The number of aryl methyl sites for hydroxylation is 1. The van der Waals surface area contributed by atoms with Gasteiger partial charge in [-0.3, -0.25) is 4.68 Å². The smallest absolute Gasteiger partial charge is 0.150 e. The monoisotopic (exact) mass is 238 g/mol. The topological polar surface area (TPSA) is 47.1 Å². The first-order chi connectivity index (χ1) is 7.63. The second kappa shape index (κ2) is 4.59. The molecule has 1 rings (SSSR count). The SMILES string of the molecule is CC(C)c1nn(C)c(N(C)CC(C)(C)C)c1N. The summed E-state index contributed by atoms with van der Waals surface area (Å²) in [5, 5.41) is 4.51. The van der Waals surface area contributed by atoms with Gasteiger partial charge in [0.25, 0.3) is 0 Å². The second-order valence-corrected chi connectivity index (χ2v) is 6.32. The zero-order valence-electron chi connectivity index (χ0n) is 12.2. The van der Waals surface area contributed by atoms with Crippen LogP contribution >= 0.6 is 0 Å². The minimum Gasteiger partial charge on any atom is -0.394 e. The Morgan fingerprint density at radius 1 is 1.35 bits per heavy atom. The van der Waals surface area contributed by atoms with Crippen molar-refractivity contribution in [2.45, 2.75) is 40.5 Å². The predicted octanol–water partition coefficient (Wildman–Crippen LogP) is 2.61. The Labute approximate surface area is 105 Å². The van der Waals surface area contributed by atoms with Crippen molar-refractivity contribution in [2.75, 3.05) is 24.2 Å². The van der Waals surface area contributed by atoms with Crippen LogP contribution in [0.25, 0.3) is 0 Å². The van der Waals surface area contributed by atoms with E-state index in [1.807, 2.05) is 11.7 Å². The summed E-state index contributed by atoms with van der Waals surface area (Å²) in [6.45, 7) is 11.9. The normalized spacial score (nSPS) is 12.2. The van der Waals surface area contributed by atoms with Crippen molar-refractivity contribution in [3.05, 3.63) is 5.69 Å². The van der Waals surface area contributed by atoms with E-state index < -0.39 is 0 Å². The van der Waals surface area contributed by atoms with E-state index in [-0.39, 0.29) is 5.41 Å². The number of rotatable bonds is 3. The molecule has 0 fully saturated rings. The molecule has 0 saturated carbocycles. The third-order valence-electron chi connectivity index (χ3n) is 2.70. The fourth-order valence-electron chi connectivity index (χ4n) is 2.22. The molecule has 1 aromatic heterocycles. The molecule has 4 heteroatoms. The lowest BCUT2D eigenvalue weighted by Gasteiger charge is -2.28. The molecule has 0 aliphatic rings. The van der Waals surface area contributed by atoms with Gasteiger partial charge in [0, 0.05) is 20.6 Å². The number of nitrogens with two attached hydrogens (primary N) is 1. The molecule has 1 heterocycles. The molecule has 0 aromatic carbocycles. The average molecular weight is 238 g/mol. The lowest BCUT2D eigenvalue weighted by molar-refractivity contribution is 0.416. The maximum absolute atomic E-state index is 6.20.